The summed E-state index contributed by atoms with van der Waals surface area (Å²) in [6.45, 7) is 5.39. The van der Waals surface area contributed by atoms with Crippen LogP contribution in [0.15, 0.2) is 66.9 Å². The van der Waals surface area contributed by atoms with Gasteiger partial charge in [-0.25, -0.2) is 9.18 Å². The molecule has 0 aliphatic carbocycles. The van der Waals surface area contributed by atoms with Crippen molar-refractivity contribution in [2.45, 2.75) is 26.4 Å². The molecular formula is C22H21FN2O3. The third-order valence-corrected chi connectivity index (χ3v) is 3.61. The molecule has 0 spiro atoms. The Morgan fingerprint density at radius 3 is 2.43 bits per heavy atom. The molecule has 0 bridgehead atoms. The van der Waals surface area contributed by atoms with Gasteiger partial charge in [0.2, 0.25) is 0 Å². The van der Waals surface area contributed by atoms with Gasteiger partial charge >= 0.3 is 6.09 Å². The van der Waals surface area contributed by atoms with Crippen LogP contribution in [0.2, 0.25) is 0 Å². The van der Waals surface area contributed by atoms with Crippen molar-refractivity contribution in [3.05, 3.63) is 72.7 Å². The number of nitrogens with zero attached hydrogens (tertiary/aromatic N) is 1. The number of pyridine rings is 1. The summed E-state index contributed by atoms with van der Waals surface area (Å²) < 4.78 is 24.3. The number of anilines is 1. The van der Waals surface area contributed by atoms with Crippen molar-refractivity contribution in [2.75, 3.05) is 5.32 Å². The first-order valence-electron chi connectivity index (χ1n) is 8.79. The molecular weight excluding hydrogens is 359 g/mol. The zero-order valence-corrected chi connectivity index (χ0v) is 15.9. The summed E-state index contributed by atoms with van der Waals surface area (Å²) in [7, 11) is 0. The summed E-state index contributed by atoms with van der Waals surface area (Å²) in [5.41, 5.74) is 1.30. The van der Waals surface area contributed by atoms with Crippen LogP contribution in [0.25, 0.3) is 11.3 Å². The molecule has 0 radical (unpaired) electrons. The van der Waals surface area contributed by atoms with Crippen LogP contribution < -0.4 is 10.1 Å². The maximum Gasteiger partial charge on any atom is 0.412 e. The Balaban J connectivity index is 1.91. The Hall–Kier alpha value is -3.41. The van der Waals surface area contributed by atoms with Gasteiger partial charge in [0.05, 0.1) is 5.69 Å². The Morgan fingerprint density at radius 2 is 1.79 bits per heavy atom. The smallest absolute Gasteiger partial charge is 0.412 e. The fraction of sp³-hybridized carbons (Fsp3) is 0.182. The van der Waals surface area contributed by atoms with Crippen molar-refractivity contribution in [3.8, 4) is 22.8 Å². The van der Waals surface area contributed by atoms with Crippen LogP contribution in [-0.2, 0) is 4.74 Å². The van der Waals surface area contributed by atoms with Gasteiger partial charge in [-0.15, -0.1) is 0 Å². The number of ether oxygens (including phenoxy) is 2. The van der Waals surface area contributed by atoms with Crippen LogP contribution >= 0.6 is 0 Å². The Labute approximate surface area is 163 Å². The molecule has 0 saturated heterocycles. The van der Waals surface area contributed by atoms with E-state index >= 15 is 0 Å². The lowest BCUT2D eigenvalue weighted by molar-refractivity contribution is 0.0636. The van der Waals surface area contributed by atoms with Crippen molar-refractivity contribution in [1.29, 1.82) is 0 Å². The van der Waals surface area contributed by atoms with E-state index in [0.717, 1.165) is 0 Å². The monoisotopic (exact) mass is 380 g/mol. The van der Waals surface area contributed by atoms with E-state index in [9.17, 15) is 9.18 Å². The molecule has 3 aromatic rings. The van der Waals surface area contributed by atoms with Crippen LogP contribution in [0.3, 0.4) is 0 Å². The van der Waals surface area contributed by atoms with Crippen LogP contribution in [0, 0.1) is 5.82 Å². The Bertz CT molecular complexity index is 952. The molecule has 1 amide bonds. The first kappa shape index (κ1) is 19.4. The van der Waals surface area contributed by atoms with E-state index in [2.05, 4.69) is 10.3 Å². The topological polar surface area (TPSA) is 60.5 Å². The van der Waals surface area contributed by atoms with Crippen LogP contribution in [0.1, 0.15) is 20.8 Å². The highest BCUT2D eigenvalue weighted by atomic mass is 19.1. The van der Waals surface area contributed by atoms with Crippen molar-refractivity contribution >= 4 is 11.8 Å². The largest absolute Gasteiger partial charge is 0.457 e. The molecule has 0 atom stereocenters. The third kappa shape index (κ3) is 5.30. The summed E-state index contributed by atoms with van der Waals surface area (Å²) in [6.07, 6.45) is 1.12. The summed E-state index contributed by atoms with van der Waals surface area (Å²) >= 11 is 0. The summed E-state index contributed by atoms with van der Waals surface area (Å²) in [5.74, 6) is 0.681. The van der Waals surface area contributed by atoms with Gasteiger partial charge in [0.25, 0.3) is 0 Å². The third-order valence-electron chi connectivity index (χ3n) is 3.61. The molecule has 1 aromatic heterocycles. The molecule has 28 heavy (non-hydrogen) atoms. The summed E-state index contributed by atoms with van der Waals surface area (Å²) in [6, 6.07) is 16.4. The molecule has 6 heteroatoms. The molecule has 0 aliphatic rings. The fourth-order valence-corrected chi connectivity index (χ4v) is 2.47. The van der Waals surface area contributed by atoms with E-state index in [4.69, 9.17) is 9.47 Å². The predicted molar refractivity (Wildman–Crippen MR) is 106 cm³/mol. The minimum absolute atomic E-state index is 0.339. The second-order valence-electron chi connectivity index (χ2n) is 7.11. The van der Waals surface area contributed by atoms with Gasteiger partial charge < -0.3 is 9.47 Å². The maximum atomic E-state index is 13.1. The molecule has 0 fully saturated rings. The molecule has 2 aromatic carbocycles. The SMILES string of the molecule is CC(C)(C)OC(=O)Nc1ccc(Oc2ccc(F)cc2)c(-c2ccccn2)c1. The number of rotatable bonds is 4. The van der Waals surface area contributed by atoms with Gasteiger partial charge in [0.15, 0.2) is 0 Å². The molecule has 1 N–H and O–H groups in total. The highest BCUT2D eigenvalue weighted by molar-refractivity contribution is 5.87. The number of amides is 1. The lowest BCUT2D eigenvalue weighted by Gasteiger charge is -2.20. The zero-order chi connectivity index (χ0) is 20.1. The summed E-state index contributed by atoms with van der Waals surface area (Å²) in [5, 5.41) is 2.71. The molecule has 5 nitrogen and oxygen atoms in total. The lowest BCUT2D eigenvalue weighted by Crippen LogP contribution is -2.27. The Kier molecular flexibility index (Phi) is 5.59. The van der Waals surface area contributed by atoms with E-state index in [1.165, 1.54) is 12.1 Å². The van der Waals surface area contributed by atoms with E-state index in [-0.39, 0.29) is 5.82 Å². The number of hydrogen-bond donors (Lipinski definition) is 1. The maximum absolute atomic E-state index is 13.1. The highest BCUT2D eigenvalue weighted by Gasteiger charge is 2.17. The molecule has 0 saturated carbocycles. The molecule has 0 unspecified atom stereocenters. The van der Waals surface area contributed by atoms with Gasteiger partial charge in [-0.2, -0.15) is 0 Å². The van der Waals surface area contributed by atoms with Crippen LogP contribution in [0.5, 0.6) is 11.5 Å². The average molecular weight is 380 g/mol. The molecule has 1 heterocycles. The van der Waals surface area contributed by atoms with Crippen LogP contribution in [0.4, 0.5) is 14.9 Å². The van der Waals surface area contributed by atoms with E-state index in [1.54, 1.807) is 57.3 Å². The normalized spacial score (nSPS) is 11.0. The Morgan fingerprint density at radius 1 is 1.04 bits per heavy atom. The van der Waals surface area contributed by atoms with Gasteiger partial charge in [-0.3, -0.25) is 10.3 Å². The predicted octanol–water partition coefficient (Wildman–Crippen LogP) is 6.03. The first-order valence-corrected chi connectivity index (χ1v) is 8.79. The van der Waals surface area contributed by atoms with Gasteiger partial charge in [-0.1, -0.05) is 6.07 Å². The van der Waals surface area contributed by atoms with Crippen molar-refractivity contribution in [2.24, 2.45) is 0 Å². The van der Waals surface area contributed by atoms with E-state index < -0.39 is 11.7 Å². The quantitative estimate of drug-likeness (QED) is 0.600. The minimum atomic E-state index is -0.598. The van der Waals surface area contributed by atoms with E-state index in [1.807, 2.05) is 18.2 Å². The zero-order valence-electron chi connectivity index (χ0n) is 15.9. The summed E-state index contributed by atoms with van der Waals surface area (Å²) in [4.78, 5) is 16.4. The standard InChI is InChI=1S/C22H21FN2O3/c1-22(2,3)28-21(26)25-16-9-12-20(27-17-10-7-15(23)8-11-17)18(14-16)19-6-4-5-13-24-19/h4-14H,1-3H3,(H,25,26). The van der Waals surface area contributed by atoms with Crippen molar-refractivity contribution in [1.82, 2.24) is 4.98 Å². The number of benzene rings is 2. The van der Waals surface area contributed by atoms with E-state index in [0.29, 0.717) is 28.4 Å². The van der Waals surface area contributed by atoms with Gasteiger partial charge in [0, 0.05) is 17.4 Å². The van der Waals surface area contributed by atoms with Gasteiger partial charge in [0.1, 0.15) is 22.9 Å². The van der Waals surface area contributed by atoms with Crippen molar-refractivity contribution < 1.29 is 18.7 Å². The van der Waals surface area contributed by atoms with Crippen LogP contribution in [-0.4, -0.2) is 16.7 Å². The molecule has 144 valence electrons. The van der Waals surface area contributed by atoms with Gasteiger partial charge in [-0.05, 0) is 75.4 Å². The number of halogens is 1. The number of carbonyl (C=O) groups excluding carboxylic acids is 1. The number of carbonyl (C=O) groups is 1. The number of nitrogens with one attached hydrogen (secondary N) is 1. The first-order chi connectivity index (χ1) is 13.3. The highest BCUT2D eigenvalue weighted by Crippen LogP contribution is 2.34. The lowest BCUT2D eigenvalue weighted by atomic mass is 10.1. The average Bonchev–Trinajstić information content (AvgIpc) is 2.64. The van der Waals surface area contributed by atoms with Crippen molar-refractivity contribution in [3.63, 3.8) is 0 Å². The molecule has 3 rings (SSSR count). The number of aromatic nitrogens is 1. The minimum Gasteiger partial charge on any atom is -0.457 e. The molecule has 0 aliphatic heterocycles. The second kappa shape index (κ2) is 8.08. The second-order valence-corrected chi connectivity index (χ2v) is 7.11. The fourth-order valence-electron chi connectivity index (χ4n) is 2.47. The number of hydrogen-bond acceptors (Lipinski definition) is 4.